The van der Waals surface area contributed by atoms with Gasteiger partial charge in [-0.15, -0.1) is 0 Å². The molecule has 0 aliphatic carbocycles. The number of aryl methyl sites for hydroxylation is 3. The second-order valence-corrected chi connectivity index (χ2v) is 7.72. The number of aromatic amines is 1. The van der Waals surface area contributed by atoms with Crippen molar-refractivity contribution < 1.29 is 4.79 Å². The number of hydrogen-bond acceptors (Lipinski definition) is 3. The summed E-state index contributed by atoms with van der Waals surface area (Å²) in [5.41, 5.74) is 5.63. The van der Waals surface area contributed by atoms with Crippen molar-refractivity contribution in [2.45, 2.75) is 20.8 Å². The molecule has 0 radical (unpaired) electrons. The fourth-order valence-electron chi connectivity index (χ4n) is 3.90. The molecule has 1 saturated heterocycles. The first kappa shape index (κ1) is 19.1. The van der Waals surface area contributed by atoms with Crippen LogP contribution in [0.2, 0.25) is 0 Å². The molecular formula is C23H26N4O2. The predicted molar refractivity (Wildman–Crippen MR) is 118 cm³/mol. The summed E-state index contributed by atoms with van der Waals surface area (Å²) < 4.78 is 0. The fourth-order valence-corrected chi connectivity index (χ4v) is 3.90. The normalized spacial score (nSPS) is 14.3. The van der Waals surface area contributed by atoms with E-state index in [0.29, 0.717) is 18.5 Å². The van der Waals surface area contributed by atoms with E-state index in [4.69, 9.17) is 0 Å². The van der Waals surface area contributed by atoms with E-state index in [0.717, 1.165) is 24.2 Å². The SMILES string of the molecule is Cc1ccc(C)c(N2CCN(C(=O)Nc3c[nH]c4c(C)cccc4c3=O)CC2)c1. The Bertz CT molecular complexity index is 1130. The molecule has 0 spiro atoms. The van der Waals surface area contributed by atoms with Crippen molar-refractivity contribution in [1.29, 1.82) is 0 Å². The van der Waals surface area contributed by atoms with Gasteiger partial charge in [-0.05, 0) is 49.6 Å². The summed E-state index contributed by atoms with van der Waals surface area (Å²) in [6.45, 7) is 8.92. The van der Waals surface area contributed by atoms with Crippen LogP contribution in [0.3, 0.4) is 0 Å². The Hall–Kier alpha value is -3.28. The number of H-pyrrole nitrogens is 1. The van der Waals surface area contributed by atoms with Crippen LogP contribution in [0, 0.1) is 20.8 Å². The largest absolute Gasteiger partial charge is 0.368 e. The Morgan fingerprint density at radius 2 is 1.76 bits per heavy atom. The number of hydrogen-bond donors (Lipinski definition) is 2. The first-order chi connectivity index (χ1) is 13.9. The minimum Gasteiger partial charge on any atom is -0.368 e. The summed E-state index contributed by atoms with van der Waals surface area (Å²) in [6, 6.07) is 11.8. The zero-order valence-corrected chi connectivity index (χ0v) is 17.1. The van der Waals surface area contributed by atoms with Crippen molar-refractivity contribution >= 4 is 28.3 Å². The number of rotatable bonds is 2. The second kappa shape index (κ2) is 7.62. The third-order valence-electron chi connectivity index (χ3n) is 5.64. The molecular weight excluding hydrogens is 364 g/mol. The smallest absolute Gasteiger partial charge is 0.322 e. The van der Waals surface area contributed by atoms with E-state index in [1.54, 1.807) is 17.2 Å². The number of carbonyl (C=O) groups excluding carboxylic acids is 1. The zero-order chi connectivity index (χ0) is 20.5. The van der Waals surface area contributed by atoms with Gasteiger partial charge in [-0.2, -0.15) is 0 Å². The van der Waals surface area contributed by atoms with Gasteiger partial charge >= 0.3 is 6.03 Å². The van der Waals surface area contributed by atoms with Gasteiger partial charge < -0.3 is 20.1 Å². The summed E-state index contributed by atoms with van der Waals surface area (Å²) in [5, 5.41) is 3.38. The highest BCUT2D eigenvalue weighted by Crippen LogP contribution is 2.23. The minimum atomic E-state index is -0.233. The number of piperazine rings is 1. The number of urea groups is 1. The van der Waals surface area contributed by atoms with Gasteiger partial charge in [-0.25, -0.2) is 4.79 Å². The number of anilines is 2. The number of benzene rings is 2. The number of amides is 2. The van der Waals surface area contributed by atoms with E-state index >= 15 is 0 Å². The molecule has 2 aromatic carbocycles. The highest BCUT2D eigenvalue weighted by atomic mass is 16.2. The lowest BCUT2D eigenvalue weighted by atomic mass is 10.1. The van der Waals surface area contributed by atoms with Crippen molar-refractivity contribution in [2.75, 3.05) is 36.4 Å². The van der Waals surface area contributed by atoms with Crippen molar-refractivity contribution in [3.05, 3.63) is 69.5 Å². The first-order valence-electron chi connectivity index (χ1n) is 9.93. The molecule has 1 aliphatic heterocycles. The maximum absolute atomic E-state index is 12.7. The molecule has 0 saturated carbocycles. The monoisotopic (exact) mass is 390 g/mol. The van der Waals surface area contributed by atoms with Crippen molar-refractivity contribution in [1.82, 2.24) is 9.88 Å². The van der Waals surface area contributed by atoms with Crippen molar-refractivity contribution in [3.63, 3.8) is 0 Å². The van der Waals surface area contributed by atoms with E-state index in [-0.39, 0.29) is 17.1 Å². The molecule has 6 nitrogen and oxygen atoms in total. The molecule has 0 bridgehead atoms. The van der Waals surface area contributed by atoms with Crippen molar-refractivity contribution in [2.24, 2.45) is 0 Å². The quantitative estimate of drug-likeness (QED) is 0.699. The van der Waals surface area contributed by atoms with E-state index < -0.39 is 0 Å². The molecule has 29 heavy (non-hydrogen) atoms. The van der Waals surface area contributed by atoms with Crippen LogP contribution in [0.5, 0.6) is 0 Å². The van der Waals surface area contributed by atoms with Crippen LogP contribution < -0.4 is 15.6 Å². The van der Waals surface area contributed by atoms with Crippen LogP contribution >= 0.6 is 0 Å². The molecule has 0 unspecified atom stereocenters. The van der Waals surface area contributed by atoms with Gasteiger partial charge in [0.05, 0.1) is 5.52 Å². The number of carbonyl (C=O) groups is 1. The summed E-state index contributed by atoms with van der Waals surface area (Å²) in [4.78, 5) is 32.7. The van der Waals surface area contributed by atoms with Crippen LogP contribution in [-0.4, -0.2) is 42.1 Å². The molecule has 150 valence electrons. The Morgan fingerprint density at radius 3 is 2.52 bits per heavy atom. The molecule has 3 aromatic rings. The number of nitrogens with one attached hydrogen (secondary N) is 2. The summed E-state index contributed by atoms with van der Waals surface area (Å²) in [5.74, 6) is 0. The number of pyridine rings is 1. The van der Waals surface area contributed by atoms with Crippen LogP contribution in [0.1, 0.15) is 16.7 Å². The molecule has 0 atom stereocenters. The average Bonchev–Trinajstić information content (AvgIpc) is 2.72. The third-order valence-corrected chi connectivity index (χ3v) is 5.64. The molecule has 4 rings (SSSR count). The van der Waals surface area contributed by atoms with E-state index in [1.807, 2.05) is 19.1 Å². The molecule has 1 aromatic heterocycles. The average molecular weight is 390 g/mol. The van der Waals surface area contributed by atoms with E-state index in [1.165, 1.54) is 16.8 Å². The van der Waals surface area contributed by atoms with E-state index in [9.17, 15) is 9.59 Å². The summed E-state index contributed by atoms with van der Waals surface area (Å²) >= 11 is 0. The van der Waals surface area contributed by atoms with Gasteiger partial charge in [0.15, 0.2) is 0 Å². The number of fused-ring (bicyclic) bond motifs is 1. The van der Waals surface area contributed by atoms with Crippen LogP contribution in [0.15, 0.2) is 47.4 Å². The maximum Gasteiger partial charge on any atom is 0.322 e. The Balaban J connectivity index is 1.45. The van der Waals surface area contributed by atoms with Crippen LogP contribution in [0.25, 0.3) is 10.9 Å². The van der Waals surface area contributed by atoms with E-state index in [2.05, 4.69) is 47.2 Å². The van der Waals surface area contributed by atoms with Gasteiger partial charge in [-0.3, -0.25) is 4.79 Å². The number of aromatic nitrogens is 1. The molecule has 1 aliphatic rings. The summed E-state index contributed by atoms with van der Waals surface area (Å²) in [7, 11) is 0. The second-order valence-electron chi connectivity index (χ2n) is 7.72. The highest BCUT2D eigenvalue weighted by molar-refractivity contribution is 5.92. The molecule has 2 heterocycles. The van der Waals surface area contributed by atoms with Gasteiger partial charge in [0, 0.05) is 43.4 Å². The molecule has 2 amide bonds. The molecule has 2 N–H and O–H groups in total. The maximum atomic E-state index is 12.7. The highest BCUT2D eigenvalue weighted by Gasteiger charge is 2.23. The first-order valence-corrected chi connectivity index (χ1v) is 9.93. The Kier molecular flexibility index (Phi) is 5.01. The Morgan fingerprint density at radius 1 is 1.00 bits per heavy atom. The van der Waals surface area contributed by atoms with Gasteiger partial charge in [-0.1, -0.05) is 24.3 Å². The summed E-state index contributed by atoms with van der Waals surface area (Å²) in [6.07, 6.45) is 1.59. The lowest BCUT2D eigenvalue weighted by molar-refractivity contribution is 0.208. The van der Waals surface area contributed by atoms with Crippen LogP contribution in [0.4, 0.5) is 16.2 Å². The minimum absolute atomic E-state index is 0.162. The van der Waals surface area contributed by atoms with Gasteiger partial charge in [0.2, 0.25) is 5.43 Å². The Labute approximate surface area is 170 Å². The zero-order valence-electron chi connectivity index (χ0n) is 17.1. The van der Waals surface area contributed by atoms with Gasteiger partial charge in [0.1, 0.15) is 5.69 Å². The van der Waals surface area contributed by atoms with Crippen LogP contribution in [-0.2, 0) is 0 Å². The number of nitrogens with zero attached hydrogens (tertiary/aromatic N) is 2. The lowest BCUT2D eigenvalue weighted by Crippen LogP contribution is -2.50. The fraction of sp³-hybridized carbons (Fsp3) is 0.304. The third kappa shape index (κ3) is 3.70. The van der Waals surface area contributed by atoms with Crippen molar-refractivity contribution in [3.8, 4) is 0 Å². The standard InChI is InChI=1S/C23H26N4O2/c1-15-7-8-16(2)20(13-15)26-9-11-27(12-10-26)23(29)25-19-14-24-21-17(3)5-4-6-18(21)22(19)28/h4-8,13-14H,9-12H2,1-3H3,(H,24,28)(H,25,29). The topological polar surface area (TPSA) is 68.4 Å². The molecule has 1 fully saturated rings. The number of para-hydroxylation sites is 1. The lowest BCUT2D eigenvalue weighted by Gasteiger charge is -2.36. The molecule has 6 heteroatoms. The predicted octanol–water partition coefficient (Wildman–Crippen LogP) is 3.81. The van der Waals surface area contributed by atoms with Gasteiger partial charge in [0.25, 0.3) is 0 Å².